The summed E-state index contributed by atoms with van der Waals surface area (Å²) >= 11 is 0. The molecule has 0 saturated carbocycles. The Labute approximate surface area is 159 Å². The minimum atomic E-state index is -1.14. The molecule has 1 aliphatic rings. The number of ether oxygens (including phenoxy) is 1. The van der Waals surface area contributed by atoms with Crippen LogP contribution in [0.2, 0.25) is 0 Å². The number of carbonyl (C=O) groups excluding carboxylic acids is 2. The first kappa shape index (κ1) is 20.7. The number of benzene rings is 1. The standard InChI is InChI=1S/C20H28N2O5/c1-19(2,3)16(17(23)24)15-11-14(22-27-15)12-7-9-13(10-8-12)21-18(25)26-20(4,5)6/h7-10,15-16H,11H2,1-6H3,(H,21,25)(H,23,24)/p-1. The van der Waals surface area contributed by atoms with Gasteiger partial charge in [-0.05, 0) is 43.9 Å². The number of amides is 1. The molecule has 7 heteroatoms. The summed E-state index contributed by atoms with van der Waals surface area (Å²) in [4.78, 5) is 28.7. The number of anilines is 1. The first-order valence-corrected chi connectivity index (χ1v) is 8.91. The van der Waals surface area contributed by atoms with Crippen LogP contribution in [0.15, 0.2) is 29.4 Å². The van der Waals surface area contributed by atoms with E-state index in [1.165, 1.54) is 0 Å². The first-order valence-electron chi connectivity index (χ1n) is 8.91. The summed E-state index contributed by atoms with van der Waals surface area (Å²) in [6.45, 7) is 10.9. The van der Waals surface area contributed by atoms with E-state index in [0.29, 0.717) is 17.8 Å². The number of oxime groups is 1. The molecule has 0 spiro atoms. The number of hydrogen-bond donors (Lipinski definition) is 1. The summed E-state index contributed by atoms with van der Waals surface area (Å²) in [7, 11) is 0. The second-order valence-corrected chi connectivity index (χ2v) is 8.75. The van der Waals surface area contributed by atoms with Gasteiger partial charge in [0, 0.05) is 24.0 Å². The molecule has 0 aliphatic carbocycles. The van der Waals surface area contributed by atoms with Gasteiger partial charge in [-0.1, -0.05) is 38.1 Å². The lowest BCUT2D eigenvalue weighted by Gasteiger charge is -2.34. The fraction of sp³-hybridized carbons (Fsp3) is 0.550. The molecule has 1 aromatic rings. The van der Waals surface area contributed by atoms with Crippen LogP contribution in [0.3, 0.4) is 0 Å². The molecular weight excluding hydrogens is 348 g/mol. The van der Waals surface area contributed by atoms with Crippen LogP contribution in [-0.2, 0) is 14.4 Å². The van der Waals surface area contributed by atoms with Gasteiger partial charge in [0.2, 0.25) is 0 Å². The van der Waals surface area contributed by atoms with E-state index in [4.69, 9.17) is 9.57 Å². The number of hydrogen-bond acceptors (Lipinski definition) is 6. The third kappa shape index (κ3) is 5.70. The van der Waals surface area contributed by atoms with Gasteiger partial charge in [0.15, 0.2) is 0 Å². The van der Waals surface area contributed by atoms with Crippen molar-refractivity contribution in [2.24, 2.45) is 16.5 Å². The maximum atomic E-state index is 11.8. The monoisotopic (exact) mass is 375 g/mol. The van der Waals surface area contributed by atoms with Crippen molar-refractivity contribution in [3.63, 3.8) is 0 Å². The zero-order chi connectivity index (χ0) is 20.4. The Hall–Kier alpha value is -2.57. The summed E-state index contributed by atoms with van der Waals surface area (Å²) in [5.74, 6) is -1.91. The first-order chi connectivity index (χ1) is 12.4. The van der Waals surface area contributed by atoms with Crippen LogP contribution in [0.5, 0.6) is 0 Å². The third-order valence-corrected chi connectivity index (χ3v) is 4.11. The van der Waals surface area contributed by atoms with E-state index in [9.17, 15) is 14.7 Å². The molecule has 2 atom stereocenters. The molecule has 0 fully saturated rings. The summed E-state index contributed by atoms with van der Waals surface area (Å²) in [6.07, 6.45) is -0.710. The largest absolute Gasteiger partial charge is 0.550 e. The van der Waals surface area contributed by atoms with E-state index in [2.05, 4.69) is 10.5 Å². The number of carbonyl (C=O) groups is 2. The fourth-order valence-corrected chi connectivity index (χ4v) is 2.98. The van der Waals surface area contributed by atoms with Gasteiger partial charge in [-0.3, -0.25) is 5.32 Å². The maximum absolute atomic E-state index is 11.8. The van der Waals surface area contributed by atoms with Crippen LogP contribution in [0.1, 0.15) is 53.5 Å². The van der Waals surface area contributed by atoms with Crippen molar-refractivity contribution in [1.82, 2.24) is 0 Å². The van der Waals surface area contributed by atoms with Crippen molar-refractivity contribution in [1.29, 1.82) is 0 Å². The Morgan fingerprint density at radius 2 is 1.78 bits per heavy atom. The molecule has 0 bridgehead atoms. The molecule has 1 heterocycles. The molecule has 2 rings (SSSR count). The van der Waals surface area contributed by atoms with Gasteiger partial charge in [-0.25, -0.2) is 4.79 Å². The zero-order valence-electron chi connectivity index (χ0n) is 16.7. The normalized spacial score (nSPS) is 18.3. The highest BCUT2D eigenvalue weighted by Gasteiger charge is 2.38. The smallest absolute Gasteiger partial charge is 0.412 e. The molecule has 0 aromatic heterocycles. The van der Waals surface area contributed by atoms with E-state index < -0.39 is 35.1 Å². The average molecular weight is 375 g/mol. The highest BCUT2D eigenvalue weighted by molar-refractivity contribution is 6.02. The Morgan fingerprint density at radius 3 is 2.26 bits per heavy atom. The predicted molar refractivity (Wildman–Crippen MR) is 100 cm³/mol. The third-order valence-electron chi connectivity index (χ3n) is 4.11. The molecule has 1 aromatic carbocycles. The van der Waals surface area contributed by atoms with Gasteiger partial charge in [0.1, 0.15) is 11.7 Å². The number of rotatable bonds is 4. The Morgan fingerprint density at radius 1 is 1.19 bits per heavy atom. The highest BCUT2D eigenvalue weighted by Crippen LogP contribution is 2.34. The van der Waals surface area contributed by atoms with Crippen LogP contribution in [0, 0.1) is 11.3 Å². The van der Waals surface area contributed by atoms with Crippen LogP contribution in [0.25, 0.3) is 0 Å². The van der Waals surface area contributed by atoms with Crippen LogP contribution in [-0.4, -0.2) is 29.5 Å². The molecule has 0 saturated heterocycles. The van der Waals surface area contributed by atoms with Gasteiger partial charge >= 0.3 is 6.09 Å². The van der Waals surface area contributed by atoms with Crippen LogP contribution >= 0.6 is 0 Å². The number of carboxylic acids is 1. The number of carboxylic acid groups (broad SMARTS) is 1. The molecule has 2 unspecified atom stereocenters. The number of nitrogens with one attached hydrogen (secondary N) is 1. The summed E-state index contributed by atoms with van der Waals surface area (Å²) in [6, 6.07) is 7.05. The van der Waals surface area contributed by atoms with Crippen molar-refractivity contribution in [3.8, 4) is 0 Å². The van der Waals surface area contributed by atoms with Gasteiger partial charge in [0.25, 0.3) is 0 Å². The summed E-state index contributed by atoms with van der Waals surface area (Å²) in [5.41, 5.74) is 0.983. The quantitative estimate of drug-likeness (QED) is 0.872. The lowest BCUT2D eigenvalue weighted by atomic mass is 9.76. The molecule has 1 N–H and O–H groups in total. The van der Waals surface area contributed by atoms with Crippen molar-refractivity contribution >= 4 is 23.5 Å². The fourth-order valence-electron chi connectivity index (χ4n) is 2.98. The zero-order valence-corrected chi connectivity index (χ0v) is 16.7. The second-order valence-electron chi connectivity index (χ2n) is 8.75. The topological polar surface area (TPSA) is 100 Å². The van der Waals surface area contributed by atoms with Gasteiger partial charge < -0.3 is 19.5 Å². The molecule has 27 heavy (non-hydrogen) atoms. The van der Waals surface area contributed by atoms with Gasteiger partial charge in [-0.2, -0.15) is 0 Å². The van der Waals surface area contributed by atoms with Crippen LogP contribution < -0.4 is 10.4 Å². The highest BCUT2D eigenvalue weighted by atomic mass is 16.6. The van der Waals surface area contributed by atoms with Crippen LogP contribution in [0.4, 0.5) is 10.5 Å². The van der Waals surface area contributed by atoms with Crippen molar-refractivity contribution in [2.45, 2.75) is 59.7 Å². The molecule has 148 valence electrons. The maximum Gasteiger partial charge on any atom is 0.412 e. The lowest BCUT2D eigenvalue weighted by molar-refractivity contribution is -0.318. The number of aliphatic carboxylic acids is 1. The van der Waals surface area contributed by atoms with E-state index in [1.54, 1.807) is 45.0 Å². The number of nitrogens with zero attached hydrogens (tertiary/aromatic N) is 1. The van der Waals surface area contributed by atoms with Gasteiger partial charge in [0.05, 0.1) is 5.71 Å². The summed E-state index contributed by atoms with van der Waals surface area (Å²) in [5, 5.41) is 18.2. The van der Waals surface area contributed by atoms with E-state index >= 15 is 0 Å². The molecule has 1 aliphatic heterocycles. The summed E-state index contributed by atoms with van der Waals surface area (Å²) < 4.78 is 5.21. The Balaban J connectivity index is 2.02. The SMILES string of the molecule is CC(C)(C)OC(=O)Nc1ccc(C2=NOC(C(C(=O)[O-])C(C)(C)C)C2)cc1. The Kier molecular flexibility index (Phi) is 5.82. The van der Waals surface area contributed by atoms with E-state index in [1.807, 2.05) is 20.8 Å². The second kappa shape index (κ2) is 7.58. The Bertz CT molecular complexity index is 726. The predicted octanol–water partition coefficient (Wildman–Crippen LogP) is 2.94. The van der Waals surface area contributed by atoms with E-state index in [0.717, 1.165) is 5.56 Å². The van der Waals surface area contributed by atoms with Gasteiger partial charge in [-0.15, -0.1) is 0 Å². The molecule has 0 radical (unpaired) electrons. The molecule has 1 amide bonds. The lowest BCUT2D eigenvalue weighted by Crippen LogP contribution is -2.46. The van der Waals surface area contributed by atoms with Crippen molar-refractivity contribution in [3.05, 3.63) is 29.8 Å². The molecular formula is C20H27N2O5-. The minimum Gasteiger partial charge on any atom is -0.550 e. The van der Waals surface area contributed by atoms with E-state index in [-0.39, 0.29) is 0 Å². The molecule has 7 nitrogen and oxygen atoms in total. The average Bonchev–Trinajstić information content (AvgIpc) is 2.93. The van der Waals surface area contributed by atoms with Crippen molar-refractivity contribution in [2.75, 3.05) is 5.32 Å². The van der Waals surface area contributed by atoms with Crippen molar-refractivity contribution < 1.29 is 24.3 Å². The minimum absolute atomic E-state index is 0.384.